The standard InChI is InChI=1S/C21H24N2O2S/c1-14-7-9-15(10-8-14)21(2,16-11-12-16)18-13-22-20-17(18)5-4-6-19(20)23-26(3,24)25/h4-10,13,16,22-23H,11-12H2,1-3H3. The molecule has 0 spiro atoms. The van der Waals surface area contributed by atoms with Gasteiger partial charge in [-0.3, -0.25) is 4.72 Å². The van der Waals surface area contributed by atoms with Crippen LogP contribution in [0.25, 0.3) is 10.9 Å². The van der Waals surface area contributed by atoms with Gasteiger partial charge in [0.25, 0.3) is 0 Å². The van der Waals surface area contributed by atoms with Crippen molar-refractivity contribution in [2.45, 2.75) is 32.1 Å². The largest absolute Gasteiger partial charge is 0.359 e. The summed E-state index contributed by atoms with van der Waals surface area (Å²) < 4.78 is 26.0. The smallest absolute Gasteiger partial charge is 0.229 e. The predicted molar refractivity (Wildman–Crippen MR) is 107 cm³/mol. The lowest BCUT2D eigenvalue weighted by molar-refractivity contribution is 0.499. The number of para-hydroxylation sites is 1. The van der Waals surface area contributed by atoms with Crippen LogP contribution in [-0.2, 0) is 15.4 Å². The Kier molecular flexibility index (Phi) is 3.88. The van der Waals surface area contributed by atoms with E-state index in [1.807, 2.05) is 6.07 Å². The Labute approximate surface area is 154 Å². The van der Waals surface area contributed by atoms with Crippen molar-refractivity contribution in [3.63, 3.8) is 0 Å². The molecule has 4 rings (SSSR count). The summed E-state index contributed by atoms with van der Waals surface area (Å²) in [4.78, 5) is 3.32. The molecule has 1 aliphatic carbocycles. The third kappa shape index (κ3) is 2.90. The van der Waals surface area contributed by atoms with Crippen molar-refractivity contribution in [3.05, 3.63) is 65.4 Å². The number of benzene rings is 2. The van der Waals surface area contributed by atoms with Crippen molar-refractivity contribution < 1.29 is 8.42 Å². The van der Waals surface area contributed by atoms with Gasteiger partial charge in [-0.2, -0.15) is 0 Å². The number of anilines is 1. The van der Waals surface area contributed by atoms with Crippen LogP contribution in [0, 0.1) is 12.8 Å². The first kappa shape index (κ1) is 17.2. The second-order valence-electron chi connectivity index (χ2n) is 7.65. The summed E-state index contributed by atoms with van der Waals surface area (Å²) in [7, 11) is -3.33. The number of hydrogen-bond donors (Lipinski definition) is 2. The molecule has 1 fully saturated rings. The molecule has 1 aromatic heterocycles. The first-order chi connectivity index (χ1) is 12.3. The quantitative estimate of drug-likeness (QED) is 0.693. The molecular formula is C21H24N2O2S. The van der Waals surface area contributed by atoms with Crippen LogP contribution in [0.15, 0.2) is 48.7 Å². The van der Waals surface area contributed by atoms with Crippen molar-refractivity contribution >= 4 is 26.6 Å². The van der Waals surface area contributed by atoms with E-state index in [0.29, 0.717) is 11.6 Å². The molecule has 3 aromatic rings. The molecule has 136 valence electrons. The molecule has 0 aliphatic heterocycles. The average molecular weight is 369 g/mol. The summed E-state index contributed by atoms with van der Waals surface area (Å²) in [5, 5.41) is 1.08. The lowest BCUT2D eigenvalue weighted by Gasteiger charge is -2.31. The summed E-state index contributed by atoms with van der Waals surface area (Å²) in [5.74, 6) is 0.607. The number of hydrogen-bond acceptors (Lipinski definition) is 2. The fraction of sp³-hybridized carbons (Fsp3) is 0.333. The minimum absolute atomic E-state index is 0.0876. The van der Waals surface area contributed by atoms with E-state index in [4.69, 9.17) is 0 Å². The highest BCUT2D eigenvalue weighted by molar-refractivity contribution is 7.92. The fourth-order valence-corrected chi connectivity index (χ4v) is 4.61. The Hall–Kier alpha value is -2.27. The van der Waals surface area contributed by atoms with E-state index in [2.05, 4.69) is 60.1 Å². The van der Waals surface area contributed by atoms with Crippen LogP contribution in [0.2, 0.25) is 0 Å². The maximum Gasteiger partial charge on any atom is 0.229 e. The molecular weight excluding hydrogens is 344 g/mol. The number of aromatic amines is 1. The molecule has 26 heavy (non-hydrogen) atoms. The van der Waals surface area contributed by atoms with Crippen LogP contribution < -0.4 is 4.72 Å². The zero-order valence-electron chi connectivity index (χ0n) is 15.3. The summed E-state index contributed by atoms with van der Waals surface area (Å²) in [5.41, 5.74) is 5.15. The highest BCUT2D eigenvalue weighted by Gasteiger charge is 2.45. The van der Waals surface area contributed by atoms with Gasteiger partial charge in [-0.1, -0.05) is 48.9 Å². The van der Waals surface area contributed by atoms with E-state index in [1.165, 1.54) is 35.8 Å². The summed E-state index contributed by atoms with van der Waals surface area (Å²) >= 11 is 0. The normalized spacial score (nSPS) is 17.2. The molecule has 0 bridgehead atoms. The van der Waals surface area contributed by atoms with Gasteiger partial charge >= 0.3 is 0 Å². The molecule has 0 amide bonds. The lowest BCUT2D eigenvalue weighted by Crippen LogP contribution is -2.26. The van der Waals surface area contributed by atoms with Crippen molar-refractivity contribution in [2.75, 3.05) is 11.0 Å². The Balaban J connectivity index is 1.89. The van der Waals surface area contributed by atoms with E-state index >= 15 is 0 Å². The Morgan fingerprint density at radius 3 is 2.42 bits per heavy atom. The zero-order chi connectivity index (χ0) is 18.5. The van der Waals surface area contributed by atoms with Crippen molar-refractivity contribution in [3.8, 4) is 0 Å². The minimum atomic E-state index is -3.33. The minimum Gasteiger partial charge on any atom is -0.359 e. The van der Waals surface area contributed by atoms with Gasteiger partial charge in [0.1, 0.15) is 0 Å². The Morgan fingerprint density at radius 2 is 1.81 bits per heavy atom. The molecule has 0 radical (unpaired) electrons. The van der Waals surface area contributed by atoms with Gasteiger partial charge in [-0.05, 0) is 42.9 Å². The van der Waals surface area contributed by atoms with E-state index < -0.39 is 10.0 Å². The summed E-state index contributed by atoms with van der Waals surface area (Å²) in [6.07, 6.45) is 5.67. The van der Waals surface area contributed by atoms with Gasteiger partial charge in [-0.25, -0.2) is 8.42 Å². The Bertz CT molecular complexity index is 1060. The second-order valence-corrected chi connectivity index (χ2v) is 9.40. The van der Waals surface area contributed by atoms with Crippen molar-refractivity contribution in [2.24, 2.45) is 5.92 Å². The van der Waals surface area contributed by atoms with Crippen LogP contribution in [0.5, 0.6) is 0 Å². The van der Waals surface area contributed by atoms with Gasteiger partial charge in [0.2, 0.25) is 10.0 Å². The van der Waals surface area contributed by atoms with Crippen molar-refractivity contribution in [1.29, 1.82) is 0 Å². The molecule has 5 heteroatoms. The maximum absolute atomic E-state index is 11.7. The molecule has 2 N–H and O–H groups in total. The number of sulfonamides is 1. The number of nitrogens with one attached hydrogen (secondary N) is 2. The summed E-state index contributed by atoms with van der Waals surface area (Å²) in [6, 6.07) is 14.6. The number of aromatic nitrogens is 1. The fourth-order valence-electron chi connectivity index (χ4n) is 4.04. The van der Waals surface area contributed by atoms with Gasteiger partial charge < -0.3 is 4.98 Å². The molecule has 2 aromatic carbocycles. The average Bonchev–Trinajstić information content (AvgIpc) is 3.33. The van der Waals surface area contributed by atoms with Gasteiger partial charge in [0.15, 0.2) is 0 Å². The van der Waals surface area contributed by atoms with Crippen LogP contribution >= 0.6 is 0 Å². The molecule has 1 atom stereocenters. The van der Waals surface area contributed by atoms with E-state index in [0.717, 1.165) is 10.9 Å². The monoisotopic (exact) mass is 368 g/mol. The number of fused-ring (bicyclic) bond motifs is 1. The second kappa shape index (κ2) is 5.88. The number of aryl methyl sites for hydroxylation is 1. The van der Waals surface area contributed by atoms with E-state index in [-0.39, 0.29) is 5.41 Å². The molecule has 1 unspecified atom stereocenters. The molecule has 4 nitrogen and oxygen atoms in total. The number of rotatable bonds is 5. The van der Waals surface area contributed by atoms with Crippen molar-refractivity contribution in [1.82, 2.24) is 4.98 Å². The third-order valence-corrected chi connectivity index (χ3v) is 6.21. The highest BCUT2D eigenvalue weighted by atomic mass is 32.2. The van der Waals surface area contributed by atoms with Gasteiger partial charge in [-0.15, -0.1) is 0 Å². The van der Waals surface area contributed by atoms with E-state index in [9.17, 15) is 8.42 Å². The molecule has 1 aliphatic rings. The zero-order valence-corrected chi connectivity index (χ0v) is 16.2. The SMILES string of the molecule is Cc1ccc(C(C)(c2c[nH]c3c(NS(C)(=O)=O)cccc23)C2CC2)cc1. The molecule has 1 saturated carbocycles. The van der Waals surface area contributed by atoms with Gasteiger partial charge in [0, 0.05) is 17.0 Å². The van der Waals surface area contributed by atoms with Crippen LogP contribution in [0.3, 0.4) is 0 Å². The molecule has 0 saturated heterocycles. The first-order valence-electron chi connectivity index (χ1n) is 8.94. The first-order valence-corrected chi connectivity index (χ1v) is 10.8. The van der Waals surface area contributed by atoms with Crippen LogP contribution in [0.1, 0.15) is 36.5 Å². The van der Waals surface area contributed by atoms with Crippen LogP contribution in [-0.4, -0.2) is 19.7 Å². The highest BCUT2D eigenvalue weighted by Crippen LogP contribution is 2.53. The topological polar surface area (TPSA) is 62.0 Å². The van der Waals surface area contributed by atoms with Crippen LogP contribution in [0.4, 0.5) is 5.69 Å². The number of H-pyrrole nitrogens is 1. The maximum atomic E-state index is 11.7. The predicted octanol–water partition coefficient (Wildman–Crippen LogP) is 4.56. The summed E-state index contributed by atoms with van der Waals surface area (Å²) in [6.45, 7) is 4.42. The van der Waals surface area contributed by atoms with E-state index in [1.54, 1.807) is 6.07 Å². The molecule has 1 heterocycles. The third-order valence-electron chi connectivity index (χ3n) is 5.62. The Morgan fingerprint density at radius 1 is 1.12 bits per heavy atom. The lowest BCUT2D eigenvalue weighted by atomic mass is 9.72. The van der Waals surface area contributed by atoms with Gasteiger partial charge in [0.05, 0.1) is 17.5 Å².